The van der Waals surface area contributed by atoms with Gasteiger partial charge in [-0.05, 0) is 37.2 Å². The Morgan fingerprint density at radius 1 is 1.35 bits per heavy atom. The van der Waals surface area contributed by atoms with Crippen LogP contribution in [0.4, 0.5) is 0 Å². The van der Waals surface area contributed by atoms with Crippen LogP contribution in [0.15, 0.2) is 45.2 Å². The van der Waals surface area contributed by atoms with Gasteiger partial charge in [-0.15, -0.1) is 23.1 Å². The number of hydrogen-bond acceptors (Lipinski definition) is 4. The zero-order valence-electron chi connectivity index (χ0n) is 11.5. The van der Waals surface area contributed by atoms with Crippen LogP contribution in [0.2, 0.25) is 0 Å². The van der Waals surface area contributed by atoms with E-state index in [-0.39, 0.29) is 0 Å². The lowest BCUT2D eigenvalue weighted by Crippen LogP contribution is -2.34. The smallest absolute Gasteiger partial charge is 0.0940 e. The molecule has 2 rings (SSSR count). The Morgan fingerprint density at radius 3 is 2.80 bits per heavy atom. The molecule has 1 aromatic heterocycles. The standard InChI is InChI=1S/C15H19BrN2S2/c1-2-7-17-13(10-15-18-8-9-19-15)11-20-14-5-3-12(16)4-6-14/h3-6,8-9,13,17H,2,7,10-11H2,1H3. The molecule has 1 aromatic carbocycles. The van der Waals surface area contributed by atoms with Crippen molar-refractivity contribution in [3.8, 4) is 0 Å². The van der Waals surface area contributed by atoms with Crippen LogP contribution in [0.1, 0.15) is 18.4 Å². The maximum Gasteiger partial charge on any atom is 0.0940 e. The number of aromatic nitrogens is 1. The van der Waals surface area contributed by atoms with Gasteiger partial charge in [0.15, 0.2) is 0 Å². The Hall–Kier alpha value is -0.360. The van der Waals surface area contributed by atoms with Crippen LogP contribution in [0.5, 0.6) is 0 Å². The van der Waals surface area contributed by atoms with Gasteiger partial charge >= 0.3 is 0 Å². The molecular formula is C15H19BrN2S2. The molecule has 2 aromatic rings. The van der Waals surface area contributed by atoms with Crippen LogP contribution < -0.4 is 5.32 Å². The second-order valence-electron chi connectivity index (χ2n) is 4.55. The number of nitrogens with one attached hydrogen (secondary N) is 1. The van der Waals surface area contributed by atoms with Crippen LogP contribution in [0.3, 0.4) is 0 Å². The summed E-state index contributed by atoms with van der Waals surface area (Å²) in [6.45, 7) is 3.27. The van der Waals surface area contributed by atoms with E-state index < -0.39 is 0 Å². The number of rotatable bonds is 8. The maximum absolute atomic E-state index is 4.39. The highest BCUT2D eigenvalue weighted by molar-refractivity contribution is 9.10. The first-order chi connectivity index (χ1) is 9.78. The summed E-state index contributed by atoms with van der Waals surface area (Å²) < 4.78 is 1.13. The van der Waals surface area contributed by atoms with Crippen molar-refractivity contribution in [1.29, 1.82) is 0 Å². The lowest BCUT2D eigenvalue weighted by Gasteiger charge is -2.17. The van der Waals surface area contributed by atoms with Crippen molar-refractivity contribution in [2.45, 2.75) is 30.7 Å². The van der Waals surface area contributed by atoms with Crippen LogP contribution in [-0.2, 0) is 6.42 Å². The van der Waals surface area contributed by atoms with E-state index in [0.29, 0.717) is 6.04 Å². The van der Waals surface area contributed by atoms with Crippen molar-refractivity contribution in [3.63, 3.8) is 0 Å². The first kappa shape index (κ1) is 16.0. The number of benzene rings is 1. The summed E-state index contributed by atoms with van der Waals surface area (Å²) in [5.74, 6) is 1.07. The molecule has 1 heterocycles. The molecule has 1 atom stereocenters. The molecule has 0 bridgehead atoms. The van der Waals surface area contributed by atoms with E-state index in [4.69, 9.17) is 0 Å². The summed E-state index contributed by atoms with van der Waals surface area (Å²) in [4.78, 5) is 5.71. The maximum atomic E-state index is 4.39. The van der Waals surface area contributed by atoms with E-state index in [9.17, 15) is 0 Å². The average Bonchev–Trinajstić information content (AvgIpc) is 2.96. The summed E-state index contributed by atoms with van der Waals surface area (Å²) in [5.41, 5.74) is 0. The molecule has 0 amide bonds. The number of thioether (sulfide) groups is 1. The Balaban J connectivity index is 1.87. The van der Waals surface area contributed by atoms with E-state index in [0.717, 1.165) is 29.6 Å². The first-order valence-corrected chi connectivity index (χ1v) is 9.44. The lowest BCUT2D eigenvalue weighted by atomic mass is 10.2. The van der Waals surface area contributed by atoms with Gasteiger partial charge in [-0.3, -0.25) is 0 Å². The third-order valence-corrected chi connectivity index (χ3v) is 5.36. The minimum atomic E-state index is 0.481. The van der Waals surface area contributed by atoms with Gasteiger partial charge in [-0.2, -0.15) is 0 Å². The van der Waals surface area contributed by atoms with E-state index >= 15 is 0 Å². The third-order valence-electron chi connectivity index (χ3n) is 2.85. The van der Waals surface area contributed by atoms with Gasteiger partial charge in [-0.1, -0.05) is 22.9 Å². The molecule has 0 aliphatic carbocycles. The number of thiazole rings is 1. The molecule has 1 unspecified atom stereocenters. The molecule has 5 heteroatoms. The summed E-state index contributed by atoms with van der Waals surface area (Å²) in [6, 6.07) is 8.99. The topological polar surface area (TPSA) is 24.9 Å². The van der Waals surface area contributed by atoms with Gasteiger partial charge < -0.3 is 5.32 Å². The Bertz CT molecular complexity index is 485. The number of hydrogen-bond donors (Lipinski definition) is 1. The highest BCUT2D eigenvalue weighted by Crippen LogP contribution is 2.22. The molecule has 0 radical (unpaired) electrons. The van der Waals surface area contributed by atoms with E-state index in [1.165, 1.54) is 9.90 Å². The largest absolute Gasteiger partial charge is 0.313 e. The molecule has 0 saturated heterocycles. The molecule has 0 fully saturated rings. The quantitative estimate of drug-likeness (QED) is 0.686. The molecule has 0 spiro atoms. The lowest BCUT2D eigenvalue weighted by molar-refractivity contribution is 0.549. The molecule has 108 valence electrons. The van der Waals surface area contributed by atoms with Crippen LogP contribution in [0.25, 0.3) is 0 Å². The monoisotopic (exact) mass is 370 g/mol. The van der Waals surface area contributed by atoms with Gasteiger partial charge in [0.05, 0.1) is 5.01 Å². The van der Waals surface area contributed by atoms with Gasteiger partial charge in [0, 0.05) is 39.2 Å². The second kappa shape index (κ2) is 8.82. The summed E-state index contributed by atoms with van der Waals surface area (Å²) >= 11 is 7.12. The summed E-state index contributed by atoms with van der Waals surface area (Å²) in [7, 11) is 0. The highest BCUT2D eigenvalue weighted by Gasteiger charge is 2.11. The SMILES string of the molecule is CCCNC(CSc1ccc(Br)cc1)Cc1nccs1. The molecular weight excluding hydrogens is 352 g/mol. The highest BCUT2D eigenvalue weighted by atomic mass is 79.9. The Labute approximate surface area is 137 Å². The van der Waals surface area contributed by atoms with Crippen molar-refractivity contribution in [1.82, 2.24) is 10.3 Å². The van der Waals surface area contributed by atoms with Crippen LogP contribution in [0, 0.1) is 0 Å². The number of nitrogens with zero attached hydrogens (tertiary/aromatic N) is 1. The van der Waals surface area contributed by atoms with E-state index in [1.54, 1.807) is 11.3 Å². The second-order valence-corrected chi connectivity index (χ2v) is 7.53. The fourth-order valence-corrected chi connectivity index (χ4v) is 3.75. The van der Waals surface area contributed by atoms with Crippen molar-refractivity contribution in [2.75, 3.05) is 12.3 Å². The molecule has 0 saturated carbocycles. The molecule has 20 heavy (non-hydrogen) atoms. The predicted molar refractivity (Wildman–Crippen MR) is 92.8 cm³/mol. The third kappa shape index (κ3) is 5.56. The zero-order chi connectivity index (χ0) is 14.2. The van der Waals surface area contributed by atoms with Crippen LogP contribution >= 0.6 is 39.0 Å². The van der Waals surface area contributed by atoms with Gasteiger partial charge in [0.25, 0.3) is 0 Å². The van der Waals surface area contributed by atoms with Gasteiger partial charge in [0.2, 0.25) is 0 Å². The van der Waals surface area contributed by atoms with Crippen molar-refractivity contribution in [3.05, 3.63) is 45.3 Å². The van der Waals surface area contributed by atoms with E-state index in [2.05, 4.69) is 57.4 Å². The summed E-state index contributed by atoms with van der Waals surface area (Å²) in [6.07, 6.45) is 4.07. The van der Waals surface area contributed by atoms with E-state index in [1.807, 2.05) is 23.3 Å². The fourth-order valence-electron chi connectivity index (χ4n) is 1.83. The first-order valence-electron chi connectivity index (χ1n) is 6.78. The van der Waals surface area contributed by atoms with Crippen molar-refractivity contribution in [2.24, 2.45) is 0 Å². The molecule has 1 N–H and O–H groups in total. The zero-order valence-corrected chi connectivity index (χ0v) is 14.7. The Kier molecular flexibility index (Phi) is 7.07. The van der Waals surface area contributed by atoms with Gasteiger partial charge in [-0.25, -0.2) is 4.98 Å². The normalized spacial score (nSPS) is 12.5. The minimum Gasteiger partial charge on any atom is -0.313 e. The molecule has 0 aliphatic rings. The Morgan fingerprint density at radius 2 is 2.15 bits per heavy atom. The molecule has 2 nitrogen and oxygen atoms in total. The van der Waals surface area contributed by atoms with Crippen molar-refractivity contribution < 1.29 is 0 Å². The van der Waals surface area contributed by atoms with Crippen LogP contribution in [-0.4, -0.2) is 23.3 Å². The van der Waals surface area contributed by atoms with Gasteiger partial charge in [0.1, 0.15) is 0 Å². The summed E-state index contributed by atoms with van der Waals surface area (Å²) in [5, 5.41) is 6.89. The van der Waals surface area contributed by atoms with Crippen molar-refractivity contribution >= 4 is 39.0 Å². The fraction of sp³-hybridized carbons (Fsp3) is 0.400. The minimum absolute atomic E-state index is 0.481. The number of halogens is 1. The molecule has 0 aliphatic heterocycles. The average molecular weight is 371 g/mol. The predicted octanol–water partition coefficient (Wildman–Crippen LogP) is 4.61.